The number of ether oxygens (including phenoxy) is 1. The number of carboxylic acids is 1. The summed E-state index contributed by atoms with van der Waals surface area (Å²) in [5.74, 6) is -0.789. The van der Waals surface area contributed by atoms with Gasteiger partial charge in [0.05, 0.1) is 19.3 Å². The molecule has 2 aliphatic rings. The standard InChI is InChI=1S/C16H19NO4/c1-16(15(19)20)9-21-8-13(16)17-14(18)12-7-11(12)10-5-3-2-4-6-10/h2-6,11-13H,7-9H2,1H3,(H,17,18)(H,19,20). The van der Waals surface area contributed by atoms with Gasteiger partial charge in [-0.15, -0.1) is 0 Å². The van der Waals surface area contributed by atoms with Crippen molar-refractivity contribution in [3.63, 3.8) is 0 Å². The van der Waals surface area contributed by atoms with Gasteiger partial charge >= 0.3 is 5.97 Å². The number of hydrogen-bond acceptors (Lipinski definition) is 3. The van der Waals surface area contributed by atoms with Crippen LogP contribution in [-0.2, 0) is 14.3 Å². The van der Waals surface area contributed by atoms with Gasteiger partial charge in [0.25, 0.3) is 0 Å². The van der Waals surface area contributed by atoms with E-state index in [0.717, 1.165) is 6.42 Å². The van der Waals surface area contributed by atoms with Crippen molar-refractivity contribution in [1.29, 1.82) is 0 Å². The normalized spacial score (nSPS) is 34.4. The fraction of sp³-hybridized carbons (Fsp3) is 0.500. The molecule has 0 bridgehead atoms. The van der Waals surface area contributed by atoms with Gasteiger partial charge in [0, 0.05) is 5.92 Å². The quantitative estimate of drug-likeness (QED) is 0.878. The molecule has 112 valence electrons. The Morgan fingerprint density at radius 2 is 2.05 bits per heavy atom. The Hall–Kier alpha value is -1.88. The zero-order valence-corrected chi connectivity index (χ0v) is 11.9. The number of carbonyl (C=O) groups is 2. The van der Waals surface area contributed by atoms with Gasteiger partial charge in [0.1, 0.15) is 5.41 Å². The van der Waals surface area contributed by atoms with Crippen LogP contribution in [0.4, 0.5) is 0 Å². The Morgan fingerprint density at radius 3 is 2.71 bits per heavy atom. The lowest BCUT2D eigenvalue weighted by Gasteiger charge is -2.25. The Bertz CT molecular complexity index is 559. The molecule has 3 rings (SSSR count). The van der Waals surface area contributed by atoms with Crippen LogP contribution in [0.5, 0.6) is 0 Å². The second-order valence-corrected chi connectivity index (χ2v) is 6.16. The van der Waals surface area contributed by atoms with E-state index >= 15 is 0 Å². The highest BCUT2D eigenvalue weighted by Gasteiger charge is 2.50. The first-order chi connectivity index (χ1) is 10.0. The maximum atomic E-state index is 12.3. The van der Waals surface area contributed by atoms with Crippen LogP contribution in [0.2, 0.25) is 0 Å². The van der Waals surface area contributed by atoms with E-state index in [1.54, 1.807) is 6.92 Å². The van der Waals surface area contributed by atoms with Gasteiger partial charge in [-0.25, -0.2) is 0 Å². The summed E-state index contributed by atoms with van der Waals surface area (Å²) in [5, 5.41) is 12.2. The molecule has 4 unspecified atom stereocenters. The molecule has 2 N–H and O–H groups in total. The number of carbonyl (C=O) groups excluding carboxylic acids is 1. The number of carboxylic acid groups (broad SMARTS) is 1. The number of benzene rings is 1. The number of aliphatic carboxylic acids is 1. The molecule has 1 heterocycles. The average molecular weight is 289 g/mol. The van der Waals surface area contributed by atoms with Crippen molar-refractivity contribution in [1.82, 2.24) is 5.32 Å². The van der Waals surface area contributed by atoms with Gasteiger partial charge in [-0.2, -0.15) is 0 Å². The number of nitrogens with one attached hydrogen (secondary N) is 1. The molecule has 1 saturated carbocycles. The molecule has 1 saturated heterocycles. The molecule has 0 aromatic heterocycles. The third kappa shape index (κ3) is 2.53. The SMILES string of the molecule is CC1(C(=O)O)COCC1NC(=O)C1CC1c1ccccc1. The average Bonchev–Trinajstić information content (AvgIpc) is 3.19. The van der Waals surface area contributed by atoms with Crippen LogP contribution in [0, 0.1) is 11.3 Å². The van der Waals surface area contributed by atoms with Crippen LogP contribution in [-0.4, -0.2) is 36.2 Å². The molecule has 1 aliphatic heterocycles. The maximum Gasteiger partial charge on any atom is 0.313 e. The van der Waals surface area contributed by atoms with Gasteiger partial charge < -0.3 is 15.2 Å². The Morgan fingerprint density at radius 1 is 1.33 bits per heavy atom. The summed E-state index contributed by atoms with van der Waals surface area (Å²) in [6.45, 7) is 2.02. The third-order valence-electron chi connectivity index (χ3n) is 4.62. The van der Waals surface area contributed by atoms with Crippen molar-refractivity contribution >= 4 is 11.9 Å². The lowest BCUT2D eigenvalue weighted by atomic mass is 9.85. The summed E-state index contributed by atoms with van der Waals surface area (Å²) in [5.41, 5.74) is 0.133. The second kappa shape index (κ2) is 5.15. The van der Waals surface area contributed by atoms with Crippen molar-refractivity contribution in [3.8, 4) is 0 Å². The molecule has 0 spiro atoms. The monoisotopic (exact) mass is 289 g/mol. The molecule has 0 radical (unpaired) electrons. The van der Waals surface area contributed by atoms with Crippen LogP contribution in [0.3, 0.4) is 0 Å². The molecule has 1 aromatic rings. The number of amides is 1. The van der Waals surface area contributed by atoms with Crippen LogP contribution >= 0.6 is 0 Å². The first-order valence-corrected chi connectivity index (χ1v) is 7.19. The fourth-order valence-corrected chi connectivity index (χ4v) is 2.92. The molecule has 1 amide bonds. The van der Waals surface area contributed by atoms with Gasteiger partial charge in [-0.05, 0) is 24.8 Å². The molecule has 1 aromatic carbocycles. The van der Waals surface area contributed by atoms with Crippen LogP contribution in [0.1, 0.15) is 24.8 Å². The second-order valence-electron chi connectivity index (χ2n) is 6.16. The predicted octanol–water partition coefficient (Wildman–Crippen LogP) is 1.40. The minimum Gasteiger partial charge on any atom is -0.481 e. The van der Waals surface area contributed by atoms with Gasteiger partial charge in [0.15, 0.2) is 0 Å². The third-order valence-corrected chi connectivity index (χ3v) is 4.62. The highest BCUT2D eigenvalue weighted by Crippen LogP contribution is 2.47. The van der Waals surface area contributed by atoms with Crippen molar-refractivity contribution in [2.75, 3.05) is 13.2 Å². The molecule has 5 nitrogen and oxygen atoms in total. The summed E-state index contributed by atoms with van der Waals surface area (Å²) in [6, 6.07) is 9.48. The van der Waals surface area contributed by atoms with Crippen molar-refractivity contribution in [2.24, 2.45) is 11.3 Å². The molecule has 2 fully saturated rings. The minimum absolute atomic E-state index is 0.0500. The lowest BCUT2D eigenvalue weighted by Crippen LogP contribution is -2.50. The highest BCUT2D eigenvalue weighted by molar-refractivity contribution is 5.84. The van der Waals surface area contributed by atoms with Gasteiger partial charge in [-0.3, -0.25) is 9.59 Å². The molecule has 4 atom stereocenters. The zero-order chi connectivity index (χ0) is 15.0. The summed E-state index contributed by atoms with van der Waals surface area (Å²) in [4.78, 5) is 23.7. The van der Waals surface area contributed by atoms with Crippen molar-refractivity contribution < 1.29 is 19.4 Å². The van der Waals surface area contributed by atoms with Crippen molar-refractivity contribution in [3.05, 3.63) is 35.9 Å². The van der Waals surface area contributed by atoms with Crippen LogP contribution in [0.25, 0.3) is 0 Å². The van der Waals surface area contributed by atoms with E-state index in [1.807, 2.05) is 30.3 Å². The first kappa shape index (κ1) is 14.1. The predicted molar refractivity (Wildman–Crippen MR) is 75.8 cm³/mol. The van der Waals surface area contributed by atoms with E-state index in [4.69, 9.17) is 4.74 Å². The largest absolute Gasteiger partial charge is 0.481 e. The summed E-state index contributed by atoms with van der Waals surface area (Å²) in [7, 11) is 0. The van der Waals surface area contributed by atoms with E-state index in [2.05, 4.69) is 5.32 Å². The number of rotatable bonds is 4. The Kier molecular flexibility index (Phi) is 3.45. The summed E-state index contributed by atoms with van der Waals surface area (Å²) in [6.07, 6.45) is 0.827. The molecule has 21 heavy (non-hydrogen) atoms. The minimum atomic E-state index is -1.03. The van der Waals surface area contributed by atoms with E-state index in [-0.39, 0.29) is 31.0 Å². The first-order valence-electron chi connectivity index (χ1n) is 7.19. The van der Waals surface area contributed by atoms with Crippen LogP contribution < -0.4 is 5.32 Å². The molecule has 5 heteroatoms. The van der Waals surface area contributed by atoms with E-state index in [1.165, 1.54) is 5.56 Å². The number of hydrogen-bond donors (Lipinski definition) is 2. The van der Waals surface area contributed by atoms with Gasteiger partial charge in [-0.1, -0.05) is 30.3 Å². The fourth-order valence-electron chi connectivity index (χ4n) is 2.92. The Balaban J connectivity index is 1.62. The van der Waals surface area contributed by atoms with Gasteiger partial charge in [0.2, 0.25) is 5.91 Å². The maximum absolute atomic E-state index is 12.3. The zero-order valence-electron chi connectivity index (χ0n) is 11.9. The Labute approximate surface area is 123 Å². The van der Waals surface area contributed by atoms with E-state index in [0.29, 0.717) is 0 Å². The van der Waals surface area contributed by atoms with E-state index in [9.17, 15) is 14.7 Å². The molecular formula is C16H19NO4. The van der Waals surface area contributed by atoms with E-state index < -0.39 is 17.4 Å². The molecular weight excluding hydrogens is 270 g/mol. The summed E-state index contributed by atoms with van der Waals surface area (Å²) >= 11 is 0. The molecule has 1 aliphatic carbocycles. The highest BCUT2D eigenvalue weighted by atomic mass is 16.5. The van der Waals surface area contributed by atoms with Crippen molar-refractivity contribution in [2.45, 2.75) is 25.3 Å². The lowest BCUT2D eigenvalue weighted by molar-refractivity contribution is -0.149. The topological polar surface area (TPSA) is 75.6 Å². The summed E-state index contributed by atoms with van der Waals surface area (Å²) < 4.78 is 5.25. The van der Waals surface area contributed by atoms with Crippen LogP contribution in [0.15, 0.2) is 30.3 Å². The smallest absolute Gasteiger partial charge is 0.313 e.